The molecule has 0 saturated carbocycles. The molecule has 0 aliphatic carbocycles. The Morgan fingerprint density at radius 1 is 1.14 bits per heavy atom. The molecule has 1 unspecified atom stereocenters. The highest BCUT2D eigenvalue weighted by Gasteiger charge is 2.15. The van der Waals surface area contributed by atoms with Crippen molar-refractivity contribution in [3.05, 3.63) is 59.7 Å². The first-order valence-corrected chi connectivity index (χ1v) is 7.54. The lowest BCUT2D eigenvalue weighted by Crippen LogP contribution is -2.19. The number of ether oxygens (including phenoxy) is 1. The van der Waals surface area contributed by atoms with Crippen molar-refractivity contribution in [3.63, 3.8) is 0 Å². The summed E-state index contributed by atoms with van der Waals surface area (Å²) in [4.78, 5) is 11.3. The molecule has 0 aromatic heterocycles. The van der Waals surface area contributed by atoms with Gasteiger partial charge in [-0.15, -0.1) is 12.6 Å². The van der Waals surface area contributed by atoms with Crippen LogP contribution < -0.4 is 10.1 Å². The topological polar surface area (TPSA) is 38.3 Å². The van der Waals surface area contributed by atoms with E-state index in [1.165, 1.54) is 5.56 Å². The quantitative estimate of drug-likeness (QED) is 0.670. The van der Waals surface area contributed by atoms with E-state index in [-0.39, 0.29) is 11.3 Å². The molecule has 1 N–H and O–H groups in total. The molecule has 1 heterocycles. The molecule has 0 bridgehead atoms. The molecule has 21 heavy (non-hydrogen) atoms. The molecule has 4 heteroatoms. The Morgan fingerprint density at radius 2 is 1.95 bits per heavy atom. The monoisotopic (exact) mass is 299 g/mol. The Morgan fingerprint density at radius 3 is 2.76 bits per heavy atom. The van der Waals surface area contributed by atoms with E-state index in [1.54, 1.807) is 0 Å². The Kier molecular flexibility index (Phi) is 4.15. The number of rotatable bonds is 4. The summed E-state index contributed by atoms with van der Waals surface area (Å²) in [7, 11) is 0. The van der Waals surface area contributed by atoms with Crippen molar-refractivity contribution in [1.29, 1.82) is 0 Å². The molecule has 1 aliphatic heterocycles. The summed E-state index contributed by atoms with van der Waals surface area (Å²) in [5.41, 5.74) is 3.01. The second kappa shape index (κ2) is 6.22. The second-order valence-corrected chi connectivity index (χ2v) is 5.71. The van der Waals surface area contributed by atoms with Crippen LogP contribution in [0.1, 0.15) is 17.5 Å². The van der Waals surface area contributed by atoms with Gasteiger partial charge in [-0.3, -0.25) is 4.79 Å². The van der Waals surface area contributed by atoms with E-state index >= 15 is 0 Å². The highest BCUT2D eigenvalue weighted by molar-refractivity contribution is 7.80. The molecule has 2 aromatic carbocycles. The van der Waals surface area contributed by atoms with Gasteiger partial charge in [0, 0.05) is 18.5 Å². The summed E-state index contributed by atoms with van der Waals surface area (Å²) in [6.07, 6.45) is 2.04. The van der Waals surface area contributed by atoms with Crippen LogP contribution in [-0.4, -0.2) is 11.3 Å². The van der Waals surface area contributed by atoms with Crippen molar-refractivity contribution in [3.8, 4) is 5.75 Å². The smallest absolute Gasteiger partial charge is 0.224 e. The highest BCUT2D eigenvalue weighted by atomic mass is 32.1. The third-order valence-electron chi connectivity index (χ3n) is 3.50. The Labute approximate surface area is 129 Å². The predicted molar refractivity (Wildman–Crippen MR) is 86.9 cm³/mol. The van der Waals surface area contributed by atoms with E-state index in [2.05, 4.69) is 30.1 Å². The minimum atomic E-state index is -0.191. The molecule has 0 radical (unpaired) electrons. The van der Waals surface area contributed by atoms with Crippen LogP contribution in [-0.2, 0) is 17.6 Å². The molecule has 0 spiro atoms. The Hall–Kier alpha value is -1.94. The predicted octanol–water partition coefficient (Wildman–Crippen LogP) is 3.45. The summed E-state index contributed by atoms with van der Waals surface area (Å²) in [6, 6.07) is 15.9. The number of fused-ring (bicyclic) bond motifs is 1. The first kappa shape index (κ1) is 14.0. The van der Waals surface area contributed by atoms with Crippen LogP contribution in [0.3, 0.4) is 0 Å². The second-order valence-electron chi connectivity index (χ2n) is 5.13. The summed E-state index contributed by atoms with van der Waals surface area (Å²) in [6.45, 7) is 0. The van der Waals surface area contributed by atoms with Crippen LogP contribution in [0.25, 0.3) is 0 Å². The molecule has 1 atom stereocenters. The highest BCUT2D eigenvalue weighted by Crippen LogP contribution is 2.28. The van der Waals surface area contributed by atoms with Gasteiger partial charge in [0.1, 0.15) is 11.2 Å². The molecule has 1 amide bonds. The van der Waals surface area contributed by atoms with Gasteiger partial charge < -0.3 is 10.1 Å². The number of hydrogen-bond donors (Lipinski definition) is 2. The fourth-order valence-electron chi connectivity index (χ4n) is 2.45. The van der Waals surface area contributed by atoms with Crippen molar-refractivity contribution in [1.82, 2.24) is 0 Å². The van der Waals surface area contributed by atoms with Gasteiger partial charge in [0.05, 0.1) is 0 Å². The first-order chi connectivity index (χ1) is 10.2. The number of benzene rings is 2. The van der Waals surface area contributed by atoms with E-state index in [9.17, 15) is 4.79 Å². The van der Waals surface area contributed by atoms with Crippen LogP contribution in [0.5, 0.6) is 5.75 Å². The van der Waals surface area contributed by atoms with E-state index < -0.39 is 0 Å². The lowest BCUT2D eigenvalue weighted by Gasteiger charge is -2.19. The zero-order chi connectivity index (χ0) is 14.7. The fraction of sp³-hybridized carbons (Fsp3) is 0.235. The molecule has 0 saturated heterocycles. The van der Waals surface area contributed by atoms with Gasteiger partial charge in [0.15, 0.2) is 0 Å². The Balaban J connectivity index is 1.66. The SMILES string of the molecule is O=C1CCc2cc(OC(S)Cc3ccccc3)ccc2N1. The van der Waals surface area contributed by atoms with Crippen LogP contribution in [0.4, 0.5) is 5.69 Å². The molecule has 1 aliphatic rings. The number of thiol groups is 1. The van der Waals surface area contributed by atoms with Crippen molar-refractivity contribution in [2.45, 2.75) is 24.7 Å². The third kappa shape index (κ3) is 3.58. The maximum atomic E-state index is 11.3. The van der Waals surface area contributed by atoms with Crippen molar-refractivity contribution in [2.24, 2.45) is 0 Å². The van der Waals surface area contributed by atoms with Crippen LogP contribution in [0.15, 0.2) is 48.5 Å². The van der Waals surface area contributed by atoms with Gasteiger partial charge in [0.2, 0.25) is 5.91 Å². The van der Waals surface area contributed by atoms with Crippen molar-refractivity contribution >= 4 is 24.2 Å². The van der Waals surface area contributed by atoms with E-state index in [0.717, 1.165) is 29.8 Å². The summed E-state index contributed by atoms with van der Waals surface area (Å²) < 4.78 is 5.86. The largest absolute Gasteiger partial charge is 0.480 e. The minimum Gasteiger partial charge on any atom is -0.480 e. The zero-order valence-electron chi connectivity index (χ0n) is 11.6. The van der Waals surface area contributed by atoms with Crippen LogP contribution in [0, 0.1) is 0 Å². The average Bonchev–Trinajstić information content (AvgIpc) is 2.48. The zero-order valence-corrected chi connectivity index (χ0v) is 12.5. The van der Waals surface area contributed by atoms with Crippen molar-refractivity contribution in [2.75, 3.05) is 5.32 Å². The molecule has 2 aromatic rings. The standard InChI is InChI=1S/C17H17NO2S/c19-16-9-6-13-11-14(7-8-15(13)18-16)20-17(21)10-12-4-2-1-3-5-12/h1-5,7-8,11,17,21H,6,9-10H2,(H,18,19). The van der Waals surface area contributed by atoms with E-state index in [4.69, 9.17) is 4.74 Å². The number of anilines is 1. The molecule has 3 rings (SSSR count). The summed E-state index contributed by atoms with van der Waals surface area (Å²) in [5, 5.41) is 2.87. The summed E-state index contributed by atoms with van der Waals surface area (Å²) >= 11 is 4.50. The number of nitrogens with one attached hydrogen (secondary N) is 1. The van der Waals surface area contributed by atoms with Gasteiger partial charge in [0.25, 0.3) is 0 Å². The number of amides is 1. The fourth-order valence-corrected chi connectivity index (χ4v) is 2.78. The normalized spacial score (nSPS) is 15.0. The number of hydrogen-bond acceptors (Lipinski definition) is 3. The Bertz CT molecular complexity index is 642. The third-order valence-corrected chi connectivity index (χ3v) is 3.79. The lowest BCUT2D eigenvalue weighted by atomic mass is 10.0. The molecule has 3 nitrogen and oxygen atoms in total. The first-order valence-electron chi connectivity index (χ1n) is 7.02. The number of carbonyl (C=O) groups is 1. The van der Waals surface area contributed by atoms with Gasteiger partial charge >= 0.3 is 0 Å². The van der Waals surface area contributed by atoms with Gasteiger partial charge in [-0.2, -0.15) is 0 Å². The van der Waals surface area contributed by atoms with E-state index in [1.807, 2.05) is 36.4 Å². The van der Waals surface area contributed by atoms with E-state index in [0.29, 0.717) is 6.42 Å². The maximum absolute atomic E-state index is 11.3. The average molecular weight is 299 g/mol. The van der Waals surface area contributed by atoms with Crippen LogP contribution >= 0.6 is 12.6 Å². The van der Waals surface area contributed by atoms with Gasteiger partial charge in [-0.1, -0.05) is 30.3 Å². The van der Waals surface area contributed by atoms with Gasteiger partial charge in [-0.05, 0) is 35.7 Å². The minimum absolute atomic E-state index is 0.0762. The number of carbonyl (C=O) groups excluding carboxylic acids is 1. The van der Waals surface area contributed by atoms with Gasteiger partial charge in [-0.25, -0.2) is 0 Å². The number of aryl methyl sites for hydroxylation is 1. The molecule has 0 fully saturated rings. The maximum Gasteiger partial charge on any atom is 0.224 e. The molecule has 108 valence electrons. The molecular weight excluding hydrogens is 282 g/mol. The molecular formula is C17H17NO2S. The summed E-state index contributed by atoms with van der Waals surface area (Å²) in [5.74, 6) is 0.869. The van der Waals surface area contributed by atoms with Crippen molar-refractivity contribution < 1.29 is 9.53 Å². The van der Waals surface area contributed by atoms with Crippen LogP contribution in [0.2, 0.25) is 0 Å². The lowest BCUT2D eigenvalue weighted by molar-refractivity contribution is -0.116.